The van der Waals surface area contributed by atoms with E-state index in [-0.39, 0.29) is 17.6 Å². The Morgan fingerprint density at radius 3 is 2.86 bits per heavy atom. The normalized spacial score (nSPS) is 17.9. The molecule has 118 valence electrons. The fourth-order valence-electron chi connectivity index (χ4n) is 2.29. The van der Waals surface area contributed by atoms with Crippen LogP contribution >= 0.6 is 24.0 Å². The molecule has 5 nitrogen and oxygen atoms in total. The first-order valence-corrected chi connectivity index (χ1v) is 8.17. The minimum Gasteiger partial charge on any atom is -0.496 e. The lowest BCUT2D eigenvalue weighted by molar-refractivity contribution is -0.137. The standard InChI is InChI=1S/C15H17NO4S2/c1-20-11-6-3-2-5-10(11)9-12-14(19)16(15(21)22-12)8-4-7-13(17)18/h2-3,5-6,12H,4,7-9H2,1H3,(H,17,18). The Bertz CT molecular complexity index is 591. The zero-order valence-electron chi connectivity index (χ0n) is 12.2. The predicted octanol–water partition coefficient (Wildman–Crippen LogP) is 2.33. The van der Waals surface area contributed by atoms with Gasteiger partial charge in [0.25, 0.3) is 0 Å². The molecule has 1 aliphatic heterocycles. The molecule has 22 heavy (non-hydrogen) atoms. The van der Waals surface area contributed by atoms with Crippen molar-refractivity contribution in [1.29, 1.82) is 0 Å². The molecular formula is C15H17NO4S2. The van der Waals surface area contributed by atoms with Crippen molar-refractivity contribution in [2.45, 2.75) is 24.5 Å². The van der Waals surface area contributed by atoms with Gasteiger partial charge in [-0.25, -0.2) is 0 Å². The van der Waals surface area contributed by atoms with Crippen LogP contribution in [0.5, 0.6) is 5.75 Å². The third-order valence-electron chi connectivity index (χ3n) is 3.38. The molecule has 1 heterocycles. The molecule has 1 atom stereocenters. The van der Waals surface area contributed by atoms with Gasteiger partial charge in [0, 0.05) is 13.0 Å². The van der Waals surface area contributed by atoms with Crippen LogP contribution in [0.4, 0.5) is 0 Å². The maximum Gasteiger partial charge on any atom is 0.303 e. The van der Waals surface area contributed by atoms with Crippen molar-refractivity contribution in [2.24, 2.45) is 0 Å². The lowest BCUT2D eigenvalue weighted by Gasteiger charge is -2.15. The summed E-state index contributed by atoms with van der Waals surface area (Å²) >= 11 is 6.60. The van der Waals surface area contributed by atoms with Crippen molar-refractivity contribution < 1.29 is 19.4 Å². The monoisotopic (exact) mass is 339 g/mol. The van der Waals surface area contributed by atoms with E-state index in [0.717, 1.165) is 11.3 Å². The van der Waals surface area contributed by atoms with E-state index in [2.05, 4.69) is 0 Å². The van der Waals surface area contributed by atoms with Gasteiger partial charge in [-0.15, -0.1) is 0 Å². The number of carboxylic acid groups (broad SMARTS) is 1. The summed E-state index contributed by atoms with van der Waals surface area (Å²) in [5.41, 5.74) is 0.964. The molecule has 0 aliphatic carbocycles. The van der Waals surface area contributed by atoms with Gasteiger partial charge in [-0.1, -0.05) is 42.2 Å². The average Bonchev–Trinajstić information content (AvgIpc) is 2.75. The molecule has 1 aliphatic rings. The number of carboxylic acids is 1. The number of benzene rings is 1. The van der Waals surface area contributed by atoms with E-state index < -0.39 is 5.97 Å². The molecule has 0 radical (unpaired) electrons. The van der Waals surface area contributed by atoms with E-state index in [1.807, 2.05) is 24.3 Å². The quantitative estimate of drug-likeness (QED) is 0.769. The number of amides is 1. The van der Waals surface area contributed by atoms with E-state index in [1.54, 1.807) is 7.11 Å². The van der Waals surface area contributed by atoms with E-state index in [1.165, 1.54) is 16.7 Å². The third kappa shape index (κ3) is 3.98. The Kier molecular flexibility index (Phi) is 5.79. The Labute approximate surface area is 138 Å². The SMILES string of the molecule is COc1ccccc1CC1SC(=S)N(CCCC(=O)O)C1=O. The molecule has 1 fully saturated rings. The maximum atomic E-state index is 12.4. The number of carbonyl (C=O) groups is 2. The van der Waals surface area contributed by atoms with Gasteiger partial charge in [0.2, 0.25) is 5.91 Å². The van der Waals surface area contributed by atoms with Crippen LogP contribution in [0, 0.1) is 0 Å². The second kappa shape index (κ2) is 7.60. The molecule has 1 N–H and O–H groups in total. The topological polar surface area (TPSA) is 66.8 Å². The highest BCUT2D eigenvalue weighted by Crippen LogP contribution is 2.32. The van der Waals surface area contributed by atoms with E-state index in [9.17, 15) is 9.59 Å². The minimum absolute atomic E-state index is 0.0359. The van der Waals surface area contributed by atoms with Gasteiger partial charge >= 0.3 is 5.97 Å². The summed E-state index contributed by atoms with van der Waals surface area (Å²) in [5.74, 6) is -0.159. The molecule has 7 heteroatoms. The van der Waals surface area contributed by atoms with Crippen molar-refractivity contribution in [3.8, 4) is 5.75 Å². The fourth-order valence-corrected chi connectivity index (χ4v) is 3.86. The maximum absolute atomic E-state index is 12.4. The molecule has 1 aromatic carbocycles. The molecule has 2 rings (SSSR count). The van der Waals surface area contributed by atoms with Gasteiger partial charge in [0.15, 0.2) is 0 Å². The number of aliphatic carboxylic acids is 1. The largest absolute Gasteiger partial charge is 0.496 e. The second-order valence-corrected chi connectivity index (χ2v) is 6.71. The number of nitrogens with zero attached hydrogens (tertiary/aromatic N) is 1. The second-order valence-electron chi connectivity index (χ2n) is 4.88. The number of hydrogen-bond donors (Lipinski definition) is 1. The van der Waals surface area contributed by atoms with Crippen LogP contribution in [-0.2, 0) is 16.0 Å². The number of thiocarbonyl (C=S) groups is 1. The van der Waals surface area contributed by atoms with Crippen molar-refractivity contribution in [2.75, 3.05) is 13.7 Å². The fraction of sp³-hybridized carbons (Fsp3) is 0.400. The van der Waals surface area contributed by atoms with Gasteiger partial charge < -0.3 is 9.84 Å². The summed E-state index contributed by atoms with van der Waals surface area (Å²) < 4.78 is 5.83. The Morgan fingerprint density at radius 1 is 1.45 bits per heavy atom. The third-order valence-corrected chi connectivity index (χ3v) is 4.96. The van der Waals surface area contributed by atoms with Crippen LogP contribution in [0.15, 0.2) is 24.3 Å². The van der Waals surface area contributed by atoms with Crippen molar-refractivity contribution in [3.63, 3.8) is 0 Å². The first-order valence-electron chi connectivity index (χ1n) is 6.88. The van der Waals surface area contributed by atoms with Crippen LogP contribution in [-0.4, -0.2) is 45.1 Å². The molecule has 0 spiro atoms. The van der Waals surface area contributed by atoms with E-state index in [0.29, 0.717) is 23.7 Å². The summed E-state index contributed by atoms with van der Waals surface area (Å²) in [6.07, 6.45) is 0.987. The molecule has 1 aromatic rings. The van der Waals surface area contributed by atoms with Crippen LogP contribution in [0.25, 0.3) is 0 Å². The Hall–Kier alpha value is -1.60. The summed E-state index contributed by atoms with van der Waals surface area (Å²) in [7, 11) is 1.60. The molecule has 0 aromatic heterocycles. The predicted molar refractivity (Wildman–Crippen MR) is 89.3 cm³/mol. The molecule has 0 saturated carbocycles. The number of methoxy groups -OCH3 is 1. The first kappa shape index (κ1) is 16.8. The van der Waals surface area contributed by atoms with Gasteiger partial charge in [-0.05, 0) is 24.5 Å². The molecular weight excluding hydrogens is 322 g/mol. The zero-order valence-corrected chi connectivity index (χ0v) is 13.8. The van der Waals surface area contributed by atoms with Crippen molar-refractivity contribution in [3.05, 3.63) is 29.8 Å². The van der Waals surface area contributed by atoms with E-state index in [4.69, 9.17) is 22.1 Å². The summed E-state index contributed by atoms with van der Waals surface area (Å²) in [5, 5.41) is 8.40. The number of hydrogen-bond acceptors (Lipinski definition) is 5. The van der Waals surface area contributed by atoms with Crippen LogP contribution < -0.4 is 4.74 Å². The zero-order chi connectivity index (χ0) is 16.1. The van der Waals surface area contributed by atoms with Gasteiger partial charge in [-0.3, -0.25) is 14.5 Å². The van der Waals surface area contributed by atoms with E-state index >= 15 is 0 Å². The number of rotatable bonds is 7. The minimum atomic E-state index is -0.865. The smallest absolute Gasteiger partial charge is 0.303 e. The van der Waals surface area contributed by atoms with Gasteiger partial charge in [0.1, 0.15) is 10.1 Å². The van der Waals surface area contributed by atoms with Gasteiger partial charge in [-0.2, -0.15) is 0 Å². The highest BCUT2D eigenvalue weighted by molar-refractivity contribution is 8.24. The molecule has 1 amide bonds. The molecule has 1 unspecified atom stereocenters. The highest BCUT2D eigenvalue weighted by Gasteiger charge is 2.36. The molecule has 0 bridgehead atoms. The summed E-state index contributed by atoms with van der Waals surface area (Å²) in [6.45, 7) is 0.361. The van der Waals surface area contributed by atoms with Crippen molar-refractivity contribution >= 4 is 40.2 Å². The van der Waals surface area contributed by atoms with Crippen molar-refractivity contribution in [1.82, 2.24) is 4.90 Å². The van der Waals surface area contributed by atoms with Crippen LogP contribution in [0.1, 0.15) is 18.4 Å². The number of para-hydroxylation sites is 1. The highest BCUT2D eigenvalue weighted by atomic mass is 32.2. The molecule has 1 saturated heterocycles. The van der Waals surface area contributed by atoms with Crippen LogP contribution in [0.2, 0.25) is 0 Å². The number of ether oxygens (including phenoxy) is 1. The summed E-state index contributed by atoms with van der Waals surface area (Å²) in [6, 6.07) is 7.59. The Morgan fingerprint density at radius 2 is 2.18 bits per heavy atom. The first-order chi connectivity index (χ1) is 10.5. The lowest BCUT2D eigenvalue weighted by Crippen LogP contribution is -2.33. The number of thioether (sulfide) groups is 1. The summed E-state index contributed by atoms with van der Waals surface area (Å²) in [4.78, 5) is 24.5. The Balaban J connectivity index is 2.00. The number of carbonyl (C=O) groups excluding carboxylic acids is 1. The average molecular weight is 339 g/mol. The van der Waals surface area contributed by atoms with Gasteiger partial charge in [0.05, 0.1) is 12.4 Å². The lowest BCUT2D eigenvalue weighted by atomic mass is 10.1. The van der Waals surface area contributed by atoms with Crippen LogP contribution in [0.3, 0.4) is 0 Å².